The van der Waals surface area contributed by atoms with Crippen LogP contribution in [0, 0.1) is 0 Å². The van der Waals surface area contributed by atoms with Gasteiger partial charge in [0.2, 0.25) is 0 Å². The lowest BCUT2D eigenvalue weighted by Gasteiger charge is -2.17. The third-order valence-electron chi connectivity index (χ3n) is 16.0. The molecule has 4 aromatic heterocycles. The molecule has 15 rings (SSSR count). The summed E-state index contributed by atoms with van der Waals surface area (Å²) < 4.78 is 7.25. The number of allylic oxidation sites excluding steroid dienone is 5. The first-order valence-electron chi connectivity index (χ1n) is 27.8. The molecule has 0 radical (unpaired) electrons. The van der Waals surface area contributed by atoms with Crippen molar-refractivity contribution in [2.24, 2.45) is 0 Å². The molecule has 386 valence electrons. The molecule has 0 saturated heterocycles. The van der Waals surface area contributed by atoms with Crippen molar-refractivity contribution in [3.05, 3.63) is 298 Å². The van der Waals surface area contributed by atoms with Crippen LogP contribution >= 0.6 is 0 Å². The number of aromatic nitrogens is 6. The van der Waals surface area contributed by atoms with Crippen LogP contribution in [0.2, 0.25) is 0 Å². The second-order valence-electron chi connectivity index (χ2n) is 20.8. The van der Waals surface area contributed by atoms with Gasteiger partial charge in [0, 0.05) is 66.0 Å². The first kappa shape index (κ1) is 48.2. The van der Waals surface area contributed by atoms with E-state index >= 15 is 0 Å². The predicted octanol–water partition coefficient (Wildman–Crippen LogP) is 19.6. The van der Waals surface area contributed by atoms with E-state index < -0.39 is 0 Å². The van der Waals surface area contributed by atoms with Gasteiger partial charge in [-0.3, -0.25) is 0 Å². The lowest BCUT2D eigenvalue weighted by molar-refractivity contribution is 1.04. The van der Waals surface area contributed by atoms with Crippen molar-refractivity contribution in [2.75, 3.05) is 0 Å². The third kappa shape index (κ3) is 8.15. The molecule has 0 saturated carbocycles. The minimum Gasteiger partial charge on any atom is -0.309 e. The van der Waals surface area contributed by atoms with Crippen molar-refractivity contribution in [1.82, 2.24) is 28.7 Å². The summed E-state index contributed by atoms with van der Waals surface area (Å²) in [5, 5.41) is 7.27. The Morgan fingerprint density at radius 2 is 0.768 bits per heavy atom. The molecular formula is C76H52N6. The van der Waals surface area contributed by atoms with Gasteiger partial charge < -0.3 is 13.7 Å². The highest BCUT2D eigenvalue weighted by molar-refractivity contribution is 6.14. The fraction of sp³-hybridized carbons (Fsp3) is 0.0132. The maximum atomic E-state index is 5.03. The van der Waals surface area contributed by atoms with Crippen molar-refractivity contribution in [3.8, 4) is 73.2 Å². The summed E-state index contributed by atoms with van der Waals surface area (Å²) in [6.07, 6.45) is 7.73. The van der Waals surface area contributed by atoms with Crippen LogP contribution in [-0.2, 0) is 0 Å². The molecule has 15 aromatic rings. The Hall–Kier alpha value is -11.0. The summed E-state index contributed by atoms with van der Waals surface area (Å²) in [5.41, 5.74) is 19.7. The van der Waals surface area contributed by atoms with Gasteiger partial charge in [0.05, 0.1) is 38.8 Å². The summed E-state index contributed by atoms with van der Waals surface area (Å²) in [6.45, 7) is 6.08. The standard InChI is InChI=1S/C76H52N6/c1-3-5-21-50(4-2)74-77-75(52-22-9-6-10-23-52)79-76(78-74)53-36-34-51(35-37-53)54-39-43-70(82-68-32-19-15-28-60(68)61-29-16-20-33-69(61)82)64(46-54)57-41-45-72-66(48-57)63-42-38-56(49-73(63)81(72)59-26-13-8-14-27-59)55-40-44-71-65(47-55)62-30-17-18-31-67(62)80(71)58-24-11-7-12-25-58/h3-49H,2H2,1H3/b5-3-,50-21+. The number of fused-ring (bicyclic) bond motifs is 9. The van der Waals surface area contributed by atoms with Crippen molar-refractivity contribution >= 4 is 71.0 Å². The van der Waals surface area contributed by atoms with Crippen molar-refractivity contribution in [1.29, 1.82) is 0 Å². The molecule has 0 spiro atoms. The Kier molecular flexibility index (Phi) is 11.8. The van der Waals surface area contributed by atoms with Crippen LogP contribution in [0.25, 0.3) is 144 Å². The van der Waals surface area contributed by atoms with E-state index in [9.17, 15) is 0 Å². The molecule has 82 heavy (non-hydrogen) atoms. The normalized spacial score (nSPS) is 12.0. The number of benzene rings is 11. The van der Waals surface area contributed by atoms with Gasteiger partial charge in [-0.05, 0) is 120 Å². The van der Waals surface area contributed by atoms with E-state index in [4.69, 9.17) is 15.0 Å². The number of hydrogen-bond donors (Lipinski definition) is 0. The summed E-state index contributed by atoms with van der Waals surface area (Å²) in [6, 6.07) is 94.2. The van der Waals surface area contributed by atoms with Crippen molar-refractivity contribution < 1.29 is 0 Å². The molecule has 6 heteroatoms. The highest BCUT2D eigenvalue weighted by Crippen LogP contribution is 2.43. The fourth-order valence-corrected chi connectivity index (χ4v) is 12.2. The average Bonchev–Trinajstić information content (AvgIpc) is 3.63. The molecule has 0 aliphatic rings. The minimum atomic E-state index is 0.567. The summed E-state index contributed by atoms with van der Waals surface area (Å²) >= 11 is 0. The van der Waals surface area contributed by atoms with Crippen LogP contribution < -0.4 is 0 Å². The van der Waals surface area contributed by atoms with Gasteiger partial charge in [-0.25, -0.2) is 15.0 Å². The van der Waals surface area contributed by atoms with Crippen molar-refractivity contribution in [2.45, 2.75) is 6.92 Å². The predicted molar refractivity (Wildman–Crippen MR) is 343 cm³/mol. The molecule has 0 bridgehead atoms. The molecule has 6 nitrogen and oxygen atoms in total. The van der Waals surface area contributed by atoms with Crippen LogP contribution in [-0.4, -0.2) is 28.7 Å². The molecule has 0 unspecified atom stereocenters. The van der Waals surface area contributed by atoms with E-state index in [1.807, 2.05) is 55.5 Å². The highest BCUT2D eigenvalue weighted by Gasteiger charge is 2.21. The van der Waals surface area contributed by atoms with Crippen molar-refractivity contribution in [3.63, 3.8) is 0 Å². The van der Waals surface area contributed by atoms with Gasteiger partial charge in [0.25, 0.3) is 0 Å². The van der Waals surface area contributed by atoms with E-state index in [1.54, 1.807) is 6.08 Å². The second kappa shape index (κ2) is 20.1. The van der Waals surface area contributed by atoms with Crippen LogP contribution in [0.15, 0.2) is 292 Å². The zero-order chi connectivity index (χ0) is 54.7. The monoisotopic (exact) mass is 1050 g/mol. The Labute approximate surface area is 474 Å². The van der Waals surface area contributed by atoms with Gasteiger partial charge in [0.15, 0.2) is 17.5 Å². The minimum absolute atomic E-state index is 0.567. The summed E-state index contributed by atoms with van der Waals surface area (Å²) in [5.74, 6) is 1.76. The smallest absolute Gasteiger partial charge is 0.164 e. The van der Waals surface area contributed by atoms with Gasteiger partial charge in [-0.15, -0.1) is 0 Å². The van der Waals surface area contributed by atoms with Gasteiger partial charge >= 0.3 is 0 Å². The Balaban J connectivity index is 0.892. The van der Waals surface area contributed by atoms with E-state index in [-0.39, 0.29) is 0 Å². The Morgan fingerprint density at radius 1 is 0.341 bits per heavy atom. The molecular weight excluding hydrogens is 997 g/mol. The highest BCUT2D eigenvalue weighted by atomic mass is 15.0. The summed E-state index contributed by atoms with van der Waals surface area (Å²) in [7, 11) is 0. The maximum absolute atomic E-state index is 5.03. The number of rotatable bonds is 11. The topological polar surface area (TPSA) is 53.5 Å². The van der Waals surface area contributed by atoms with Crippen LogP contribution in [0.5, 0.6) is 0 Å². The molecule has 0 N–H and O–H groups in total. The lowest BCUT2D eigenvalue weighted by atomic mass is 9.95. The van der Waals surface area contributed by atoms with E-state index in [1.165, 1.54) is 48.9 Å². The Morgan fingerprint density at radius 3 is 1.38 bits per heavy atom. The van der Waals surface area contributed by atoms with E-state index in [0.29, 0.717) is 17.5 Å². The fourth-order valence-electron chi connectivity index (χ4n) is 12.2. The second-order valence-corrected chi connectivity index (χ2v) is 20.8. The largest absolute Gasteiger partial charge is 0.309 e. The quantitative estimate of drug-likeness (QED) is 0.121. The zero-order valence-electron chi connectivity index (χ0n) is 45.0. The maximum Gasteiger partial charge on any atom is 0.164 e. The SMILES string of the molecule is C=C/C(=C\C=C/C)c1nc(-c2ccccc2)nc(-c2ccc(-c3ccc(-n4c5ccccc5c5ccccc54)c(-c4ccc5c(c4)c4ccc(-c6ccc7c(c6)c6ccccc6n7-c6ccccc6)cc4n5-c4ccccc4)c3)cc2)n1. The average molecular weight is 1050 g/mol. The molecule has 0 amide bonds. The molecule has 11 aromatic carbocycles. The van der Waals surface area contributed by atoms with Gasteiger partial charge in [-0.2, -0.15) is 0 Å². The lowest BCUT2D eigenvalue weighted by Crippen LogP contribution is -2.02. The van der Waals surface area contributed by atoms with Crippen LogP contribution in [0.1, 0.15) is 12.7 Å². The van der Waals surface area contributed by atoms with E-state index in [2.05, 4.69) is 251 Å². The van der Waals surface area contributed by atoms with E-state index in [0.717, 1.165) is 83.6 Å². The Bertz CT molecular complexity index is 4990. The number of para-hydroxylation sites is 5. The van der Waals surface area contributed by atoms with Crippen LogP contribution in [0.4, 0.5) is 0 Å². The molecule has 0 atom stereocenters. The first-order valence-corrected chi connectivity index (χ1v) is 27.8. The molecule has 4 heterocycles. The molecule has 0 fully saturated rings. The van der Waals surface area contributed by atoms with Gasteiger partial charge in [0.1, 0.15) is 0 Å². The molecule has 0 aliphatic carbocycles. The molecule has 0 aliphatic heterocycles. The van der Waals surface area contributed by atoms with Crippen LogP contribution in [0.3, 0.4) is 0 Å². The first-order chi connectivity index (χ1) is 40.6. The van der Waals surface area contributed by atoms with Gasteiger partial charge in [-0.1, -0.05) is 207 Å². The number of hydrogen-bond acceptors (Lipinski definition) is 3. The summed E-state index contributed by atoms with van der Waals surface area (Å²) in [4.78, 5) is 15.0. The zero-order valence-corrected chi connectivity index (χ0v) is 45.0. The number of nitrogens with zero attached hydrogens (tertiary/aromatic N) is 6. The third-order valence-corrected chi connectivity index (χ3v) is 16.0.